The minimum atomic E-state index is 0.625. The average molecular weight is 344 g/mol. The highest BCUT2D eigenvalue weighted by molar-refractivity contribution is 9.10. The number of rotatable bonds is 5. The van der Waals surface area contributed by atoms with Crippen LogP contribution in [-0.4, -0.2) is 21.5 Å². The third-order valence-corrected chi connectivity index (χ3v) is 3.80. The van der Waals surface area contributed by atoms with Gasteiger partial charge in [-0.3, -0.25) is 0 Å². The molecule has 102 valence electrons. The molecule has 0 aliphatic carbocycles. The lowest BCUT2D eigenvalue weighted by atomic mass is 10.2. The Morgan fingerprint density at radius 1 is 1.42 bits per heavy atom. The van der Waals surface area contributed by atoms with Crippen molar-refractivity contribution in [2.24, 2.45) is 5.92 Å². The van der Waals surface area contributed by atoms with E-state index in [-0.39, 0.29) is 0 Å². The van der Waals surface area contributed by atoms with Crippen molar-refractivity contribution in [3.8, 4) is 5.69 Å². The number of nitrogens with zero attached hydrogens (tertiary/aromatic N) is 3. The summed E-state index contributed by atoms with van der Waals surface area (Å²) in [5, 5.41) is 12.2. The lowest BCUT2D eigenvalue weighted by Crippen LogP contribution is -2.19. The summed E-state index contributed by atoms with van der Waals surface area (Å²) in [7, 11) is 0. The molecular weight excluding hydrogens is 328 g/mol. The van der Waals surface area contributed by atoms with Gasteiger partial charge in [0.2, 0.25) is 0 Å². The first-order valence-electron chi connectivity index (χ1n) is 6.13. The van der Waals surface area contributed by atoms with E-state index >= 15 is 0 Å². The van der Waals surface area contributed by atoms with E-state index in [9.17, 15) is 0 Å². The van der Waals surface area contributed by atoms with E-state index in [1.54, 1.807) is 4.68 Å². The van der Waals surface area contributed by atoms with Crippen LogP contribution in [0.25, 0.3) is 5.69 Å². The molecule has 1 aromatic carbocycles. The Balaban J connectivity index is 2.05. The van der Waals surface area contributed by atoms with E-state index in [2.05, 4.69) is 45.4 Å². The van der Waals surface area contributed by atoms with Crippen molar-refractivity contribution >= 4 is 27.5 Å². The monoisotopic (exact) mass is 342 g/mol. The van der Waals surface area contributed by atoms with Gasteiger partial charge < -0.3 is 5.32 Å². The summed E-state index contributed by atoms with van der Waals surface area (Å²) in [5.41, 5.74) is 1.82. The van der Waals surface area contributed by atoms with Gasteiger partial charge in [0.25, 0.3) is 0 Å². The number of aromatic nitrogens is 3. The van der Waals surface area contributed by atoms with Gasteiger partial charge in [0, 0.05) is 11.0 Å². The number of halogens is 2. The van der Waals surface area contributed by atoms with Crippen molar-refractivity contribution in [1.82, 2.24) is 20.3 Å². The average Bonchev–Trinajstić information content (AvgIpc) is 2.81. The first kappa shape index (κ1) is 14.5. The maximum absolute atomic E-state index is 6.07. The van der Waals surface area contributed by atoms with Gasteiger partial charge in [0.1, 0.15) is 0 Å². The summed E-state index contributed by atoms with van der Waals surface area (Å²) in [6, 6.07) is 5.69. The van der Waals surface area contributed by atoms with Gasteiger partial charge in [-0.2, -0.15) is 0 Å². The molecule has 0 saturated carbocycles. The van der Waals surface area contributed by atoms with Crippen LogP contribution in [0.2, 0.25) is 5.02 Å². The van der Waals surface area contributed by atoms with Gasteiger partial charge in [-0.05, 0) is 46.6 Å². The van der Waals surface area contributed by atoms with Crippen LogP contribution in [0.15, 0.2) is 28.9 Å². The summed E-state index contributed by atoms with van der Waals surface area (Å²) >= 11 is 9.44. The molecule has 2 aromatic rings. The van der Waals surface area contributed by atoms with Crippen LogP contribution in [-0.2, 0) is 6.54 Å². The highest BCUT2D eigenvalue weighted by atomic mass is 79.9. The van der Waals surface area contributed by atoms with Crippen LogP contribution in [0.5, 0.6) is 0 Å². The van der Waals surface area contributed by atoms with Gasteiger partial charge >= 0.3 is 0 Å². The minimum Gasteiger partial charge on any atom is -0.311 e. The van der Waals surface area contributed by atoms with Crippen LogP contribution in [0.1, 0.15) is 19.5 Å². The van der Waals surface area contributed by atoms with E-state index in [4.69, 9.17) is 11.6 Å². The summed E-state index contributed by atoms with van der Waals surface area (Å²) < 4.78 is 2.60. The first-order chi connectivity index (χ1) is 9.06. The molecule has 0 spiro atoms. The summed E-state index contributed by atoms with van der Waals surface area (Å²) in [5.74, 6) is 0.625. The van der Waals surface area contributed by atoms with Crippen LogP contribution in [0.3, 0.4) is 0 Å². The fraction of sp³-hybridized carbons (Fsp3) is 0.385. The number of hydrogen-bond acceptors (Lipinski definition) is 3. The SMILES string of the molecule is CC(C)CNCc1cn(-c2ccc(Br)c(Cl)c2)nn1. The quantitative estimate of drug-likeness (QED) is 0.904. The maximum atomic E-state index is 6.07. The summed E-state index contributed by atoms with van der Waals surface area (Å²) in [6.45, 7) is 6.04. The van der Waals surface area contributed by atoms with E-state index in [0.29, 0.717) is 10.9 Å². The molecule has 0 bridgehead atoms. The van der Waals surface area contributed by atoms with E-state index in [1.165, 1.54) is 0 Å². The summed E-state index contributed by atoms with van der Waals surface area (Å²) in [4.78, 5) is 0. The zero-order chi connectivity index (χ0) is 13.8. The van der Waals surface area contributed by atoms with E-state index in [1.807, 2.05) is 24.4 Å². The predicted molar refractivity (Wildman–Crippen MR) is 80.6 cm³/mol. The molecule has 1 heterocycles. The minimum absolute atomic E-state index is 0.625. The van der Waals surface area contributed by atoms with Crippen molar-refractivity contribution in [3.05, 3.63) is 39.6 Å². The molecule has 2 rings (SSSR count). The van der Waals surface area contributed by atoms with Crippen molar-refractivity contribution in [2.75, 3.05) is 6.54 Å². The molecule has 0 atom stereocenters. The van der Waals surface area contributed by atoms with Gasteiger partial charge in [0.15, 0.2) is 0 Å². The fourth-order valence-corrected chi connectivity index (χ4v) is 2.04. The molecular formula is C13H16BrClN4. The standard InChI is InChI=1S/C13H16BrClN4/c1-9(2)6-16-7-10-8-19(18-17-10)11-3-4-12(14)13(15)5-11/h3-5,8-9,16H,6-7H2,1-2H3. The lowest BCUT2D eigenvalue weighted by molar-refractivity contribution is 0.548. The summed E-state index contributed by atoms with van der Waals surface area (Å²) in [6.07, 6.45) is 1.91. The second kappa shape index (κ2) is 6.50. The highest BCUT2D eigenvalue weighted by Crippen LogP contribution is 2.24. The zero-order valence-electron chi connectivity index (χ0n) is 10.9. The predicted octanol–water partition coefficient (Wildman–Crippen LogP) is 3.43. The molecule has 6 heteroatoms. The molecule has 0 amide bonds. The van der Waals surface area contributed by atoms with E-state index in [0.717, 1.165) is 28.9 Å². The lowest BCUT2D eigenvalue weighted by Gasteiger charge is -2.04. The Bertz CT molecular complexity index is 553. The topological polar surface area (TPSA) is 42.7 Å². The molecule has 0 radical (unpaired) electrons. The Morgan fingerprint density at radius 3 is 2.89 bits per heavy atom. The Labute approximate surface area is 126 Å². The van der Waals surface area contributed by atoms with Gasteiger partial charge in [-0.1, -0.05) is 30.7 Å². The third kappa shape index (κ3) is 4.03. The Kier molecular flexibility index (Phi) is 4.96. The molecule has 19 heavy (non-hydrogen) atoms. The van der Waals surface area contributed by atoms with Gasteiger partial charge in [-0.15, -0.1) is 5.10 Å². The molecule has 4 nitrogen and oxygen atoms in total. The molecule has 1 N–H and O–H groups in total. The second-order valence-electron chi connectivity index (χ2n) is 4.78. The second-order valence-corrected chi connectivity index (χ2v) is 6.04. The van der Waals surface area contributed by atoms with Gasteiger partial charge in [-0.25, -0.2) is 4.68 Å². The van der Waals surface area contributed by atoms with E-state index < -0.39 is 0 Å². The molecule has 0 aliphatic rings. The van der Waals surface area contributed by atoms with Crippen LogP contribution in [0, 0.1) is 5.92 Å². The van der Waals surface area contributed by atoms with Gasteiger partial charge in [0.05, 0.1) is 22.6 Å². The maximum Gasteiger partial charge on any atom is 0.0969 e. The Morgan fingerprint density at radius 2 is 2.21 bits per heavy atom. The van der Waals surface area contributed by atoms with Crippen molar-refractivity contribution in [1.29, 1.82) is 0 Å². The Hall–Kier alpha value is -0.910. The largest absolute Gasteiger partial charge is 0.311 e. The van der Waals surface area contributed by atoms with Crippen LogP contribution >= 0.6 is 27.5 Å². The molecule has 1 aromatic heterocycles. The van der Waals surface area contributed by atoms with Crippen molar-refractivity contribution < 1.29 is 0 Å². The molecule has 0 unspecified atom stereocenters. The molecule has 0 aliphatic heterocycles. The molecule has 0 saturated heterocycles. The number of benzene rings is 1. The van der Waals surface area contributed by atoms with Crippen LogP contribution in [0.4, 0.5) is 0 Å². The first-order valence-corrected chi connectivity index (χ1v) is 7.30. The number of hydrogen-bond donors (Lipinski definition) is 1. The van der Waals surface area contributed by atoms with Crippen molar-refractivity contribution in [2.45, 2.75) is 20.4 Å². The third-order valence-electron chi connectivity index (χ3n) is 2.57. The fourth-order valence-electron chi connectivity index (χ4n) is 1.62. The highest BCUT2D eigenvalue weighted by Gasteiger charge is 2.05. The molecule has 0 fully saturated rings. The van der Waals surface area contributed by atoms with Crippen molar-refractivity contribution in [3.63, 3.8) is 0 Å². The smallest absolute Gasteiger partial charge is 0.0969 e. The zero-order valence-corrected chi connectivity index (χ0v) is 13.2. The van der Waals surface area contributed by atoms with Crippen LogP contribution < -0.4 is 5.32 Å². The number of nitrogens with one attached hydrogen (secondary N) is 1. The normalized spacial score (nSPS) is 11.2.